The molecule has 0 fully saturated rings. The smallest absolute Gasteiger partial charge is 0.129 e. The van der Waals surface area contributed by atoms with Crippen molar-refractivity contribution in [3.8, 4) is 0 Å². The third kappa shape index (κ3) is 14.8. The van der Waals surface area contributed by atoms with Crippen LogP contribution in [0.2, 0.25) is 5.15 Å². The SMILES string of the molecule is CC(=NO)C(C)=NO.CC(=NO)C(C)=NO.Clc1ccccn1.[Co]. The third-order valence-electron chi connectivity index (χ3n) is 2.28. The summed E-state index contributed by atoms with van der Waals surface area (Å²) < 4.78 is 0. The fourth-order valence-corrected chi connectivity index (χ4v) is 0.760. The minimum Gasteiger partial charge on any atom is -0.411 e. The number of rotatable bonds is 2. The second-order valence-electron chi connectivity index (χ2n) is 3.89. The zero-order chi connectivity index (χ0) is 18.3. The molecule has 1 aromatic heterocycles. The van der Waals surface area contributed by atoms with E-state index in [1.54, 1.807) is 12.3 Å². The zero-order valence-corrected chi connectivity index (χ0v) is 15.3. The molecule has 24 heavy (non-hydrogen) atoms. The molecule has 9 nitrogen and oxygen atoms in total. The van der Waals surface area contributed by atoms with Gasteiger partial charge in [-0.3, -0.25) is 0 Å². The maximum Gasteiger partial charge on any atom is 0.129 e. The molecule has 0 unspecified atom stereocenters. The summed E-state index contributed by atoms with van der Waals surface area (Å²) in [6, 6.07) is 5.41. The molecule has 137 valence electrons. The Bertz CT molecular complexity index is 501. The number of oxime groups is 4. The number of hydrogen-bond acceptors (Lipinski definition) is 9. The van der Waals surface area contributed by atoms with Gasteiger partial charge in [0.2, 0.25) is 0 Å². The monoisotopic (exact) mass is 404 g/mol. The summed E-state index contributed by atoms with van der Waals surface area (Å²) in [4.78, 5) is 3.74. The third-order valence-corrected chi connectivity index (χ3v) is 2.50. The molecule has 0 aromatic carbocycles. The van der Waals surface area contributed by atoms with Crippen LogP contribution in [0.4, 0.5) is 0 Å². The molecule has 1 heterocycles. The first kappa shape index (κ1) is 26.7. The van der Waals surface area contributed by atoms with Crippen molar-refractivity contribution in [3.63, 3.8) is 0 Å². The molecule has 0 spiro atoms. The number of aromatic nitrogens is 1. The fraction of sp³-hybridized carbons (Fsp3) is 0.308. The van der Waals surface area contributed by atoms with Crippen molar-refractivity contribution in [2.45, 2.75) is 27.7 Å². The standard InChI is InChI=1S/C5H4ClN.2C4H8N2O2.Co/c6-5-3-1-2-4-7-5;2*1-3(5-7)4(2)6-8;/h1-4H;2*7-8H,1-2H3;. The van der Waals surface area contributed by atoms with Gasteiger partial charge in [0.05, 0.1) is 0 Å². The molecule has 0 saturated carbocycles. The molecule has 0 atom stereocenters. The molecule has 0 bridgehead atoms. The summed E-state index contributed by atoms with van der Waals surface area (Å²) in [5, 5.41) is 43.8. The van der Waals surface area contributed by atoms with Gasteiger partial charge in [-0.15, -0.1) is 0 Å². The average molecular weight is 405 g/mol. The summed E-state index contributed by atoms with van der Waals surface area (Å²) in [6.07, 6.45) is 1.66. The van der Waals surface area contributed by atoms with Crippen molar-refractivity contribution in [2.24, 2.45) is 20.6 Å². The zero-order valence-electron chi connectivity index (χ0n) is 13.5. The molecule has 1 radical (unpaired) electrons. The van der Waals surface area contributed by atoms with Crippen LogP contribution in [0.5, 0.6) is 0 Å². The van der Waals surface area contributed by atoms with Gasteiger partial charge in [-0.25, -0.2) is 4.98 Å². The van der Waals surface area contributed by atoms with Gasteiger partial charge < -0.3 is 20.8 Å². The molecule has 4 N–H and O–H groups in total. The number of pyridine rings is 1. The van der Waals surface area contributed by atoms with Gasteiger partial charge in [0.25, 0.3) is 0 Å². The first-order valence-electron chi connectivity index (χ1n) is 6.15. The molecule has 0 aliphatic carbocycles. The van der Waals surface area contributed by atoms with Gasteiger partial charge in [-0.05, 0) is 39.8 Å². The molecule has 0 saturated heterocycles. The second kappa shape index (κ2) is 17.2. The largest absolute Gasteiger partial charge is 0.411 e. The van der Waals surface area contributed by atoms with E-state index in [2.05, 4.69) is 25.6 Å². The Labute approximate surface area is 155 Å². The Balaban J connectivity index is -0.000000270. The Kier molecular flexibility index (Phi) is 19.1. The van der Waals surface area contributed by atoms with Crippen LogP contribution < -0.4 is 0 Å². The van der Waals surface area contributed by atoms with E-state index < -0.39 is 0 Å². The Morgan fingerprint density at radius 3 is 1.25 bits per heavy atom. The Hall–Kier alpha value is -2.17. The molecule has 0 aliphatic heterocycles. The van der Waals surface area contributed by atoms with Crippen molar-refractivity contribution >= 4 is 34.4 Å². The quantitative estimate of drug-likeness (QED) is 0.259. The van der Waals surface area contributed by atoms with Crippen molar-refractivity contribution < 1.29 is 37.6 Å². The Morgan fingerprint density at radius 1 is 0.792 bits per heavy atom. The first-order chi connectivity index (χ1) is 10.8. The average Bonchev–Trinajstić information content (AvgIpc) is 2.60. The van der Waals surface area contributed by atoms with Gasteiger partial charge in [-0.1, -0.05) is 38.3 Å². The topological polar surface area (TPSA) is 143 Å². The van der Waals surface area contributed by atoms with E-state index in [0.29, 0.717) is 28.0 Å². The van der Waals surface area contributed by atoms with Gasteiger partial charge in [0, 0.05) is 23.0 Å². The number of hydrogen-bond donors (Lipinski definition) is 4. The van der Waals surface area contributed by atoms with Crippen LogP contribution >= 0.6 is 11.6 Å². The minimum absolute atomic E-state index is 0. The van der Waals surface area contributed by atoms with E-state index in [1.807, 2.05) is 12.1 Å². The van der Waals surface area contributed by atoms with Crippen LogP contribution in [0.25, 0.3) is 0 Å². The van der Waals surface area contributed by atoms with Gasteiger partial charge in [0.15, 0.2) is 0 Å². The maximum absolute atomic E-state index is 8.03. The predicted octanol–water partition coefficient (Wildman–Crippen LogP) is 3.11. The van der Waals surface area contributed by atoms with Crippen LogP contribution in [0.3, 0.4) is 0 Å². The Morgan fingerprint density at radius 2 is 1.12 bits per heavy atom. The van der Waals surface area contributed by atoms with Crippen LogP contribution in [0.15, 0.2) is 45.0 Å². The van der Waals surface area contributed by atoms with E-state index >= 15 is 0 Å². The summed E-state index contributed by atoms with van der Waals surface area (Å²) in [7, 11) is 0. The summed E-state index contributed by atoms with van der Waals surface area (Å²) in [5.74, 6) is 0. The van der Waals surface area contributed by atoms with Gasteiger partial charge in [-0.2, -0.15) is 0 Å². The molecule has 11 heteroatoms. The van der Waals surface area contributed by atoms with Crippen molar-refractivity contribution in [1.29, 1.82) is 0 Å². The first-order valence-corrected chi connectivity index (χ1v) is 6.53. The summed E-state index contributed by atoms with van der Waals surface area (Å²) in [6.45, 7) is 6.15. The molecule has 1 aromatic rings. The molecular formula is C13H20ClCoN5O4. The van der Waals surface area contributed by atoms with Crippen molar-refractivity contribution in [3.05, 3.63) is 29.5 Å². The van der Waals surface area contributed by atoms with E-state index in [9.17, 15) is 0 Å². The summed E-state index contributed by atoms with van der Waals surface area (Å²) in [5.41, 5.74) is 1.25. The van der Waals surface area contributed by atoms with E-state index in [0.717, 1.165) is 0 Å². The molecule has 0 aliphatic rings. The van der Waals surface area contributed by atoms with Crippen molar-refractivity contribution in [2.75, 3.05) is 0 Å². The maximum atomic E-state index is 8.03. The van der Waals surface area contributed by atoms with Gasteiger partial charge >= 0.3 is 0 Å². The van der Waals surface area contributed by atoms with E-state index in [-0.39, 0.29) is 16.8 Å². The van der Waals surface area contributed by atoms with E-state index in [1.165, 1.54) is 27.7 Å². The van der Waals surface area contributed by atoms with E-state index in [4.69, 9.17) is 32.4 Å². The summed E-state index contributed by atoms with van der Waals surface area (Å²) >= 11 is 5.43. The van der Waals surface area contributed by atoms with Gasteiger partial charge in [0.1, 0.15) is 28.0 Å². The fourth-order valence-electron chi connectivity index (χ4n) is 0.631. The molecule has 0 amide bonds. The van der Waals surface area contributed by atoms with Crippen LogP contribution in [-0.4, -0.2) is 48.7 Å². The predicted molar refractivity (Wildman–Crippen MR) is 88.8 cm³/mol. The van der Waals surface area contributed by atoms with Crippen LogP contribution in [-0.2, 0) is 16.8 Å². The van der Waals surface area contributed by atoms with Crippen LogP contribution in [0, 0.1) is 0 Å². The number of halogens is 1. The minimum atomic E-state index is 0. The molecule has 1 rings (SSSR count). The van der Waals surface area contributed by atoms with Crippen molar-refractivity contribution in [1.82, 2.24) is 4.98 Å². The molecular weight excluding hydrogens is 385 g/mol. The van der Waals surface area contributed by atoms with Crippen LogP contribution in [0.1, 0.15) is 27.7 Å². The number of nitrogens with zero attached hydrogens (tertiary/aromatic N) is 5. The normalized spacial score (nSPS) is 12.0. The second-order valence-corrected chi connectivity index (χ2v) is 4.28.